The Balaban J connectivity index is 1.81. The van der Waals surface area contributed by atoms with Gasteiger partial charge in [0, 0.05) is 18.9 Å². The molecular weight excluding hydrogens is 454 g/mol. The van der Waals surface area contributed by atoms with Crippen LogP contribution in [0.1, 0.15) is 53.8 Å². The summed E-state index contributed by atoms with van der Waals surface area (Å²) in [5.41, 5.74) is 1.12. The van der Waals surface area contributed by atoms with Crippen molar-refractivity contribution in [2.24, 2.45) is 0 Å². The first kappa shape index (κ1) is 23.8. The van der Waals surface area contributed by atoms with Crippen molar-refractivity contribution in [1.29, 1.82) is 0 Å². The Morgan fingerprint density at radius 2 is 2.00 bits per heavy atom. The van der Waals surface area contributed by atoms with Gasteiger partial charge in [-0.25, -0.2) is 4.98 Å². The molecule has 0 amide bonds. The van der Waals surface area contributed by atoms with Crippen molar-refractivity contribution in [3.8, 4) is 17.3 Å². The molecule has 0 bridgehead atoms. The van der Waals surface area contributed by atoms with Crippen LogP contribution in [0.5, 0.6) is 5.88 Å². The van der Waals surface area contributed by atoms with Crippen molar-refractivity contribution in [3.05, 3.63) is 74.0 Å². The number of hydrogen-bond acceptors (Lipinski definition) is 9. The Labute approximate surface area is 201 Å². The van der Waals surface area contributed by atoms with Crippen molar-refractivity contribution in [2.45, 2.75) is 45.6 Å². The van der Waals surface area contributed by atoms with Crippen LogP contribution >= 0.6 is 11.3 Å². The van der Waals surface area contributed by atoms with E-state index in [1.54, 1.807) is 11.7 Å². The minimum atomic E-state index is -0.454. The van der Waals surface area contributed by atoms with Gasteiger partial charge in [-0.1, -0.05) is 43.7 Å². The highest BCUT2D eigenvalue weighted by Gasteiger charge is 2.27. The van der Waals surface area contributed by atoms with Crippen molar-refractivity contribution in [3.63, 3.8) is 0 Å². The fourth-order valence-electron chi connectivity index (χ4n) is 3.81. The summed E-state index contributed by atoms with van der Waals surface area (Å²) >= 11 is 1.53. The predicted molar refractivity (Wildman–Crippen MR) is 128 cm³/mol. The zero-order chi connectivity index (χ0) is 24.1. The van der Waals surface area contributed by atoms with Gasteiger partial charge in [-0.3, -0.25) is 9.36 Å². The molecule has 0 saturated carbocycles. The molecule has 1 aromatic carbocycles. The Hall–Kier alpha value is -3.37. The van der Waals surface area contributed by atoms with E-state index >= 15 is 0 Å². The Bertz CT molecular complexity index is 1300. The molecule has 0 saturated heterocycles. The first-order valence-corrected chi connectivity index (χ1v) is 12.0. The monoisotopic (exact) mass is 481 g/mol. The lowest BCUT2D eigenvalue weighted by Crippen LogP contribution is -2.33. The van der Waals surface area contributed by atoms with Crippen LogP contribution in [0.15, 0.2) is 44.9 Å². The molecule has 34 heavy (non-hydrogen) atoms. The van der Waals surface area contributed by atoms with Crippen molar-refractivity contribution in [2.75, 3.05) is 13.7 Å². The number of unbranched alkanes of at least 4 members (excludes halogenated alkanes) is 1. The molecule has 1 N–H and O–H groups in total. The largest absolute Gasteiger partial charge is 0.493 e. The van der Waals surface area contributed by atoms with Crippen LogP contribution < -0.4 is 5.56 Å². The van der Waals surface area contributed by atoms with Crippen molar-refractivity contribution < 1.29 is 14.3 Å². The molecule has 4 aromatic rings. The highest BCUT2D eigenvalue weighted by atomic mass is 32.1. The summed E-state index contributed by atoms with van der Waals surface area (Å²) in [6.07, 6.45) is 2.61. The summed E-state index contributed by atoms with van der Waals surface area (Å²) < 4.78 is 12.8. The smallest absolute Gasteiger partial charge is 0.270 e. The molecule has 10 heteroatoms. The maximum absolute atomic E-state index is 13.8. The lowest BCUT2D eigenvalue weighted by atomic mass is 10.1. The molecule has 0 radical (unpaired) electrons. The zero-order valence-corrected chi connectivity index (χ0v) is 20.2. The average Bonchev–Trinajstić information content (AvgIpc) is 3.46. The quantitative estimate of drug-likeness (QED) is 0.362. The summed E-state index contributed by atoms with van der Waals surface area (Å²) in [6.45, 7) is 4.24. The van der Waals surface area contributed by atoms with Gasteiger partial charge >= 0.3 is 0 Å². The van der Waals surface area contributed by atoms with E-state index in [0.29, 0.717) is 24.6 Å². The molecule has 178 valence electrons. The minimum absolute atomic E-state index is 0.0722. The summed E-state index contributed by atoms with van der Waals surface area (Å²) in [7, 11) is 1.59. The standard InChI is InChI=1S/C24H27N5O4S/c1-4-5-11-19-26-22(30)21(23-28-27-20(33-23)12-17-14-34-15(2)25-17)24(31)29(19)18(13-32-3)16-9-7-6-8-10-16/h6-10,14,18,30H,4-5,11-13H2,1-3H3. The number of nitrogens with zero attached hydrogens (tertiary/aromatic N) is 5. The predicted octanol–water partition coefficient (Wildman–Crippen LogP) is 3.93. The lowest BCUT2D eigenvalue weighted by Gasteiger charge is -2.23. The molecule has 1 unspecified atom stereocenters. The van der Waals surface area contributed by atoms with E-state index in [2.05, 4.69) is 27.1 Å². The molecule has 1 atom stereocenters. The molecule has 0 fully saturated rings. The first-order chi connectivity index (χ1) is 16.5. The zero-order valence-electron chi connectivity index (χ0n) is 19.4. The van der Waals surface area contributed by atoms with E-state index in [-0.39, 0.29) is 18.1 Å². The SMILES string of the molecule is CCCCc1nc(O)c(-c2nnc(Cc3csc(C)n3)o2)c(=O)n1C(COC)c1ccccc1. The molecule has 4 rings (SSSR count). The van der Waals surface area contributed by atoms with Gasteiger partial charge in [0.15, 0.2) is 5.56 Å². The van der Waals surface area contributed by atoms with Crippen LogP contribution in [0.25, 0.3) is 11.5 Å². The lowest BCUT2D eigenvalue weighted by molar-refractivity contribution is 0.166. The van der Waals surface area contributed by atoms with E-state index in [4.69, 9.17) is 9.15 Å². The first-order valence-electron chi connectivity index (χ1n) is 11.1. The maximum Gasteiger partial charge on any atom is 0.270 e. The summed E-state index contributed by atoms with van der Waals surface area (Å²) in [6, 6.07) is 9.18. The average molecular weight is 482 g/mol. The summed E-state index contributed by atoms with van der Waals surface area (Å²) in [4.78, 5) is 22.6. The molecule has 9 nitrogen and oxygen atoms in total. The third kappa shape index (κ3) is 5.07. The second-order valence-electron chi connectivity index (χ2n) is 7.92. The highest BCUT2D eigenvalue weighted by molar-refractivity contribution is 7.09. The molecule has 3 aromatic heterocycles. The number of hydrogen-bond donors (Lipinski definition) is 1. The fraction of sp³-hybridized carbons (Fsp3) is 0.375. The van der Waals surface area contributed by atoms with Gasteiger partial charge in [0.2, 0.25) is 11.8 Å². The van der Waals surface area contributed by atoms with Gasteiger partial charge in [-0.05, 0) is 18.9 Å². The number of thiazole rings is 1. The van der Waals surface area contributed by atoms with Crippen LogP contribution in [0.3, 0.4) is 0 Å². The third-order valence-electron chi connectivity index (χ3n) is 5.42. The van der Waals surface area contributed by atoms with E-state index < -0.39 is 17.5 Å². The Morgan fingerprint density at radius 3 is 2.68 bits per heavy atom. The van der Waals surface area contributed by atoms with Crippen molar-refractivity contribution >= 4 is 11.3 Å². The highest BCUT2D eigenvalue weighted by Crippen LogP contribution is 2.27. The Morgan fingerprint density at radius 1 is 1.21 bits per heavy atom. The third-order valence-corrected chi connectivity index (χ3v) is 6.25. The van der Waals surface area contributed by atoms with Crippen LogP contribution in [0, 0.1) is 6.92 Å². The van der Waals surface area contributed by atoms with Crippen LogP contribution in [0.2, 0.25) is 0 Å². The second-order valence-corrected chi connectivity index (χ2v) is 8.98. The number of ether oxygens (including phenoxy) is 1. The van der Waals surface area contributed by atoms with Crippen LogP contribution in [0.4, 0.5) is 0 Å². The maximum atomic E-state index is 13.8. The number of aromatic hydroxyl groups is 1. The van der Waals surface area contributed by atoms with Gasteiger partial charge in [0.25, 0.3) is 11.4 Å². The number of aryl methyl sites for hydroxylation is 2. The van der Waals surface area contributed by atoms with Crippen LogP contribution in [-0.2, 0) is 17.6 Å². The van der Waals surface area contributed by atoms with Gasteiger partial charge in [-0.15, -0.1) is 21.5 Å². The summed E-state index contributed by atoms with van der Waals surface area (Å²) in [5, 5.41) is 21.7. The van der Waals surface area contributed by atoms with Crippen molar-refractivity contribution in [1.82, 2.24) is 24.7 Å². The number of aromatic nitrogens is 5. The molecule has 0 aliphatic heterocycles. The molecule has 0 aliphatic carbocycles. The van der Waals surface area contributed by atoms with Gasteiger partial charge in [0.1, 0.15) is 5.82 Å². The van der Waals surface area contributed by atoms with Gasteiger partial charge in [0.05, 0.1) is 29.8 Å². The molecule has 3 heterocycles. The Kier molecular flexibility index (Phi) is 7.49. The van der Waals surface area contributed by atoms with Crippen LogP contribution in [-0.4, -0.2) is 43.6 Å². The van der Waals surface area contributed by atoms with E-state index in [0.717, 1.165) is 29.1 Å². The minimum Gasteiger partial charge on any atom is -0.493 e. The van der Waals surface area contributed by atoms with E-state index in [1.165, 1.54) is 11.3 Å². The second kappa shape index (κ2) is 10.7. The summed E-state index contributed by atoms with van der Waals surface area (Å²) in [5.74, 6) is 0.294. The van der Waals surface area contributed by atoms with Gasteiger partial charge in [-0.2, -0.15) is 4.98 Å². The topological polar surface area (TPSA) is 116 Å². The molecular formula is C24H27N5O4S. The van der Waals surface area contributed by atoms with E-state index in [1.807, 2.05) is 42.6 Å². The molecule has 0 aliphatic rings. The fourth-order valence-corrected chi connectivity index (χ4v) is 4.42. The number of benzene rings is 1. The normalized spacial score (nSPS) is 12.2. The van der Waals surface area contributed by atoms with E-state index in [9.17, 15) is 9.90 Å². The number of rotatable bonds is 10. The molecule has 0 spiro atoms. The number of methoxy groups -OCH3 is 1. The van der Waals surface area contributed by atoms with Gasteiger partial charge < -0.3 is 14.3 Å².